The molecule has 43 heavy (non-hydrogen) atoms. The van der Waals surface area contributed by atoms with Gasteiger partial charge < -0.3 is 4.74 Å². The van der Waals surface area contributed by atoms with Crippen LogP contribution in [0.4, 0.5) is 11.4 Å². The van der Waals surface area contributed by atoms with Gasteiger partial charge in [0.25, 0.3) is 16.9 Å². The molecule has 1 aliphatic heterocycles. The Morgan fingerprint density at radius 2 is 1.86 bits per heavy atom. The predicted molar refractivity (Wildman–Crippen MR) is 162 cm³/mol. The van der Waals surface area contributed by atoms with Gasteiger partial charge in [0, 0.05) is 28.1 Å². The first-order valence-corrected chi connectivity index (χ1v) is 14.7. The van der Waals surface area contributed by atoms with Crippen LogP contribution in [0.15, 0.2) is 97.6 Å². The summed E-state index contributed by atoms with van der Waals surface area (Å²) in [7, 11) is 0. The minimum atomic E-state index is -1.04. The van der Waals surface area contributed by atoms with Crippen LogP contribution >= 0.6 is 34.7 Å². The Labute approximate surface area is 256 Å². The third-order valence-corrected chi connectivity index (χ3v) is 8.74. The smallest absolute Gasteiger partial charge is 0.338 e. The number of nitro groups is 2. The van der Waals surface area contributed by atoms with Crippen LogP contribution in [-0.2, 0) is 9.53 Å². The van der Waals surface area contributed by atoms with Crippen molar-refractivity contribution in [1.82, 2.24) is 4.57 Å². The highest BCUT2D eigenvalue weighted by molar-refractivity contribution is 7.99. The molecule has 11 nitrogen and oxygen atoms in total. The Kier molecular flexibility index (Phi) is 8.57. The highest BCUT2D eigenvalue weighted by Crippen LogP contribution is 2.36. The number of nitro benzene ring substituents is 2. The average Bonchev–Trinajstić information content (AvgIpc) is 3.28. The van der Waals surface area contributed by atoms with Crippen molar-refractivity contribution in [2.75, 3.05) is 6.61 Å². The average molecular weight is 637 g/mol. The molecule has 2 heterocycles. The van der Waals surface area contributed by atoms with E-state index in [4.69, 9.17) is 16.3 Å². The van der Waals surface area contributed by atoms with Crippen LogP contribution in [0.5, 0.6) is 0 Å². The summed E-state index contributed by atoms with van der Waals surface area (Å²) in [5, 5.41) is 24.0. The molecule has 1 aromatic heterocycles. The molecule has 1 atom stereocenters. The first-order valence-electron chi connectivity index (χ1n) is 12.7. The topological polar surface area (TPSA) is 147 Å². The largest absolute Gasteiger partial charge is 0.463 e. The molecule has 0 saturated heterocycles. The molecule has 0 radical (unpaired) electrons. The summed E-state index contributed by atoms with van der Waals surface area (Å²) in [6.45, 7) is 3.32. The van der Waals surface area contributed by atoms with Crippen molar-refractivity contribution in [3.8, 4) is 0 Å². The number of halogens is 1. The number of benzene rings is 3. The Morgan fingerprint density at radius 1 is 1.12 bits per heavy atom. The molecular weight excluding hydrogens is 616 g/mol. The highest BCUT2D eigenvalue weighted by atomic mass is 35.5. The number of allylic oxidation sites excluding steroid dienone is 1. The number of aromatic nitrogens is 1. The lowest BCUT2D eigenvalue weighted by Crippen LogP contribution is -2.40. The van der Waals surface area contributed by atoms with Gasteiger partial charge in [-0.25, -0.2) is 9.79 Å². The van der Waals surface area contributed by atoms with E-state index in [0.29, 0.717) is 26.7 Å². The minimum Gasteiger partial charge on any atom is -0.463 e. The summed E-state index contributed by atoms with van der Waals surface area (Å²) in [5.74, 6) is -0.695. The van der Waals surface area contributed by atoms with Gasteiger partial charge in [0.05, 0.1) is 43.2 Å². The number of esters is 1. The maximum atomic E-state index is 13.8. The van der Waals surface area contributed by atoms with Gasteiger partial charge in [-0.15, -0.1) is 0 Å². The zero-order valence-corrected chi connectivity index (χ0v) is 24.9. The molecule has 218 valence electrons. The fourth-order valence-electron chi connectivity index (χ4n) is 4.55. The van der Waals surface area contributed by atoms with Crippen molar-refractivity contribution < 1.29 is 19.4 Å². The summed E-state index contributed by atoms with van der Waals surface area (Å²) in [5.41, 5.74) is 0.265. The first kappa shape index (κ1) is 29.9. The van der Waals surface area contributed by atoms with E-state index in [1.165, 1.54) is 46.7 Å². The minimum absolute atomic E-state index is 0.0762. The van der Waals surface area contributed by atoms with E-state index >= 15 is 0 Å². The Hall–Kier alpha value is -4.59. The predicted octanol–water partition coefficient (Wildman–Crippen LogP) is 5.42. The number of fused-ring (bicyclic) bond motifs is 1. The second kappa shape index (κ2) is 12.3. The standard InChI is InChI=1S/C29H21ClN4O7S2/c1-3-41-28(36)25-16(2)31-29-32(26(25)18-5-4-6-20(15-18)33(37)38)27(35)24(43-29)14-17-7-12-23(22(13-17)34(39)40)42-21-10-8-19(30)9-11-21/h4-15,26H,3H2,1-2H3/b24-14+/t26-/m1/s1. The molecule has 0 spiro atoms. The van der Waals surface area contributed by atoms with Gasteiger partial charge in [-0.05, 0) is 61.4 Å². The van der Waals surface area contributed by atoms with Crippen LogP contribution in [0, 0.1) is 20.2 Å². The molecular formula is C29H21ClN4O7S2. The lowest BCUT2D eigenvalue weighted by molar-refractivity contribution is -0.387. The Bertz CT molecular complexity index is 2000. The number of carbonyl (C=O) groups excluding carboxylic acids is 1. The normalized spacial score (nSPS) is 14.7. The zero-order chi connectivity index (χ0) is 30.8. The second-order valence-electron chi connectivity index (χ2n) is 9.19. The molecule has 3 aromatic carbocycles. The number of hydrogen-bond acceptors (Lipinski definition) is 10. The van der Waals surface area contributed by atoms with E-state index in [2.05, 4.69) is 4.99 Å². The number of thiazole rings is 1. The molecule has 1 aliphatic rings. The molecule has 0 bridgehead atoms. The van der Waals surface area contributed by atoms with Crippen molar-refractivity contribution in [1.29, 1.82) is 0 Å². The molecule has 0 saturated carbocycles. The first-order chi connectivity index (χ1) is 20.6. The maximum absolute atomic E-state index is 13.8. The van der Waals surface area contributed by atoms with Gasteiger partial charge in [-0.3, -0.25) is 29.6 Å². The van der Waals surface area contributed by atoms with Gasteiger partial charge in [0.1, 0.15) is 0 Å². The Balaban J connectivity index is 1.63. The summed E-state index contributed by atoms with van der Waals surface area (Å²) >= 11 is 8.20. The molecule has 0 N–H and O–H groups in total. The lowest BCUT2D eigenvalue weighted by atomic mass is 9.95. The van der Waals surface area contributed by atoms with Crippen molar-refractivity contribution in [3.63, 3.8) is 0 Å². The molecule has 0 aliphatic carbocycles. The van der Waals surface area contributed by atoms with E-state index in [1.807, 2.05) is 0 Å². The summed E-state index contributed by atoms with van der Waals surface area (Å²) in [6.07, 6.45) is 1.52. The fraction of sp³-hybridized carbons (Fsp3) is 0.138. The van der Waals surface area contributed by atoms with Crippen molar-refractivity contribution in [3.05, 3.63) is 134 Å². The number of carbonyl (C=O) groups is 1. The van der Waals surface area contributed by atoms with Crippen molar-refractivity contribution >= 4 is 58.1 Å². The van der Waals surface area contributed by atoms with Crippen LogP contribution in [-0.4, -0.2) is 27.0 Å². The molecule has 14 heteroatoms. The van der Waals surface area contributed by atoms with E-state index < -0.39 is 27.4 Å². The maximum Gasteiger partial charge on any atom is 0.338 e. The zero-order valence-electron chi connectivity index (χ0n) is 22.6. The van der Waals surface area contributed by atoms with Gasteiger partial charge in [-0.1, -0.05) is 52.9 Å². The van der Waals surface area contributed by atoms with Crippen LogP contribution < -0.4 is 14.9 Å². The molecule has 0 fully saturated rings. The number of hydrogen-bond donors (Lipinski definition) is 0. The summed E-state index contributed by atoms with van der Waals surface area (Å²) in [4.78, 5) is 55.2. The van der Waals surface area contributed by atoms with Crippen LogP contribution in [0.2, 0.25) is 5.02 Å². The number of ether oxygens (including phenoxy) is 1. The SMILES string of the molecule is CCOC(=O)C1=C(C)N=c2s/c(=C/c3ccc(Sc4ccc(Cl)cc4)c([N+](=O)[O-])c3)c(=O)n2[C@@H]1c1cccc([N+](=O)[O-])c1. The van der Waals surface area contributed by atoms with E-state index in [1.54, 1.807) is 56.3 Å². The third kappa shape index (κ3) is 6.14. The van der Waals surface area contributed by atoms with Crippen molar-refractivity contribution in [2.45, 2.75) is 29.7 Å². The summed E-state index contributed by atoms with van der Waals surface area (Å²) < 4.78 is 6.76. The molecule has 0 amide bonds. The quantitative estimate of drug-likeness (QED) is 0.141. The van der Waals surface area contributed by atoms with Gasteiger partial charge in [-0.2, -0.15) is 0 Å². The lowest BCUT2D eigenvalue weighted by Gasteiger charge is -2.24. The number of nitrogens with zero attached hydrogens (tertiary/aromatic N) is 4. The summed E-state index contributed by atoms with van der Waals surface area (Å²) in [6, 6.07) is 16.2. The molecule has 4 aromatic rings. The van der Waals surface area contributed by atoms with E-state index in [9.17, 15) is 29.8 Å². The van der Waals surface area contributed by atoms with Gasteiger partial charge >= 0.3 is 5.97 Å². The van der Waals surface area contributed by atoms with E-state index in [-0.39, 0.29) is 32.9 Å². The van der Waals surface area contributed by atoms with Gasteiger partial charge in [0.2, 0.25) is 0 Å². The molecule has 0 unspecified atom stereocenters. The monoisotopic (exact) mass is 636 g/mol. The van der Waals surface area contributed by atoms with Crippen LogP contribution in [0.25, 0.3) is 6.08 Å². The Morgan fingerprint density at radius 3 is 2.53 bits per heavy atom. The highest BCUT2D eigenvalue weighted by Gasteiger charge is 2.34. The molecule has 5 rings (SSSR count). The van der Waals surface area contributed by atoms with Crippen LogP contribution in [0.3, 0.4) is 0 Å². The fourth-order valence-corrected chi connectivity index (χ4v) is 6.62. The van der Waals surface area contributed by atoms with Gasteiger partial charge in [0.15, 0.2) is 4.80 Å². The van der Waals surface area contributed by atoms with Crippen molar-refractivity contribution in [2.24, 2.45) is 4.99 Å². The number of non-ortho nitro benzene ring substituents is 1. The second-order valence-corrected chi connectivity index (χ2v) is 11.8. The third-order valence-electron chi connectivity index (χ3n) is 6.43. The van der Waals surface area contributed by atoms with E-state index in [0.717, 1.165) is 16.2 Å². The number of rotatable bonds is 8. The van der Waals surface area contributed by atoms with Crippen LogP contribution in [0.1, 0.15) is 31.0 Å².